The van der Waals surface area contributed by atoms with Gasteiger partial charge in [0.15, 0.2) is 52.1 Å². The standard InChI is InChI=1S/C56H48F13N5O7S/c1-6-74(15-16-77-39(75)12-14-70)32-9-7-29(8-10-32)17-28(2)51-53(3,21-35(82-51)11-13-54(4)38(24-73)50(31(22-71)23-72)81-55(54,5)56(67,68)69)27-80-52(76)30-18-33(78-25-36-40(57)44(61)48(65)45(62)41(36)58)20-34(19-30)79-26-37-42(59)46(63)49(66)47(64)43(37)60/h7-11,13,18-21,28,38,51H,6,12,14-17,25-27,70H2,1-5H3/b13-11+. The maximum Gasteiger partial charge on any atom is 0.428 e. The van der Waals surface area contributed by atoms with Crippen molar-refractivity contribution in [3.8, 4) is 29.7 Å². The van der Waals surface area contributed by atoms with Gasteiger partial charge >= 0.3 is 18.1 Å². The minimum Gasteiger partial charge on any atom is -0.489 e. The minimum absolute atomic E-state index is 0.0575. The number of anilines is 1. The monoisotopic (exact) mass is 1180 g/mol. The number of nitrogens with zero attached hydrogens (tertiary/aromatic N) is 4. The molecule has 2 N–H and O–H groups in total. The Morgan fingerprint density at radius 3 is 1.77 bits per heavy atom. The van der Waals surface area contributed by atoms with Crippen molar-refractivity contribution in [2.45, 2.75) is 77.7 Å². The third kappa shape index (κ3) is 12.8. The maximum absolute atomic E-state index is 15.0. The quantitative estimate of drug-likeness (QED) is 0.0274. The second-order valence-electron chi connectivity index (χ2n) is 19.5. The zero-order valence-electron chi connectivity index (χ0n) is 43.9. The number of carbonyl (C=O) groups is 2. The zero-order chi connectivity index (χ0) is 60.8. The van der Waals surface area contributed by atoms with Gasteiger partial charge in [0.05, 0.1) is 41.1 Å². The lowest BCUT2D eigenvalue weighted by Gasteiger charge is -2.38. The second-order valence-corrected chi connectivity index (χ2v) is 20.7. The predicted octanol–water partition coefficient (Wildman–Crippen LogP) is 12.3. The average Bonchev–Trinajstić information content (AvgIpc) is 1.78. The summed E-state index contributed by atoms with van der Waals surface area (Å²) in [5, 5.41) is 28.8. The van der Waals surface area contributed by atoms with Crippen molar-refractivity contribution in [3.63, 3.8) is 0 Å². The molecule has 2 aliphatic heterocycles. The lowest BCUT2D eigenvalue weighted by molar-refractivity contribution is -0.271. The van der Waals surface area contributed by atoms with Crippen LogP contribution in [0.5, 0.6) is 11.5 Å². The highest BCUT2D eigenvalue weighted by Gasteiger charge is 2.71. The highest BCUT2D eigenvalue weighted by Crippen LogP contribution is 2.61. The fraction of sp³-hybridized carbons (Fsp3) is 0.375. The Morgan fingerprint density at radius 2 is 1.30 bits per heavy atom. The smallest absolute Gasteiger partial charge is 0.428 e. The number of allylic oxidation sites excluding steroid dienone is 3. The van der Waals surface area contributed by atoms with Crippen molar-refractivity contribution >= 4 is 29.4 Å². The topological polar surface area (TPSA) is 181 Å². The number of halogens is 13. The van der Waals surface area contributed by atoms with Crippen molar-refractivity contribution in [1.82, 2.24) is 0 Å². The van der Waals surface area contributed by atoms with Gasteiger partial charge in [-0.1, -0.05) is 51.1 Å². The Bertz CT molecular complexity index is 3190. The molecule has 0 aromatic heterocycles. The van der Waals surface area contributed by atoms with Gasteiger partial charge in [-0.25, -0.2) is 48.7 Å². The predicted molar refractivity (Wildman–Crippen MR) is 267 cm³/mol. The first kappa shape index (κ1) is 63.3. The molecule has 82 heavy (non-hydrogen) atoms. The van der Waals surface area contributed by atoms with E-state index in [0.29, 0.717) is 26.4 Å². The summed E-state index contributed by atoms with van der Waals surface area (Å²) >= 11 is 1.15. The molecular weight excluding hydrogens is 1130 g/mol. The number of ether oxygens (including phenoxy) is 5. The van der Waals surface area contributed by atoms with E-state index in [1.165, 1.54) is 18.2 Å². The van der Waals surface area contributed by atoms with Crippen LogP contribution in [0.3, 0.4) is 0 Å². The molecule has 6 atom stereocenters. The Kier molecular flexibility index (Phi) is 19.7. The first-order chi connectivity index (χ1) is 38.5. The zero-order valence-corrected chi connectivity index (χ0v) is 44.7. The van der Waals surface area contributed by atoms with E-state index in [-0.39, 0.29) is 24.5 Å². The number of benzene rings is 4. The molecule has 436 valence electrons. The van der Waals surface area contributed by atoms with Gasteiger partial charge in [-0.3, -0.25) is 4.79 Å². The number of thioether (sulfide) groups is 1. The average molecular weight is 1180 g/mol. The number of alkyl halides is 3. The molecular formula is C56H48F13N5O7S. The summed E-state index contributed by atoms with van der Waals surface area (Å²) in [4.78, 5) is 28.2. The second kappa shape index (κ2) is 25.5. The van der Waals surface area contributed by atoms with Crippen LogP contribution in [0.1, 0.15) is 68.1 Å². The van der Waals surface area contributed by atoms with Gasteiger partial charge in [0.1, 0.15) is 61.7 Å². The van der Waals surface area contributed by atoms with Gasteiger partial charge in [-0.2, -0.15) is 29.0 Å². The lowest BCUT2D eigenvalue weighted by atomic mass is 9.67. The molecule has 6 unspecified atom stereocenters. The molecule has 26 heteroatoms. The van der Waals surface area contributed by atoms with Gasteiger partial charge in [0.25, 0.3) is 0 Å². The molecule has 0 aliphatic carbocycles. The van der Waals surface area contributed by atoms with E-state index >= 15 is 13.2 Å². The molecule has 0 saturated carbocycles. The summed E-state index contributed by atoms with van der Waals surface area (Å²) in [5.41, 5.74) is -4.15. The van der Waals surface area contributed by atoms with Crippen molar-refractivity contribution in [1.29, 1.82) is 15.8 Å². The number of nitriles is 3. The summed E-state index contributed by atoms with van der Waals surface area (Å²) in [6, 6.07) is 14.5. The molecule has 1 saturated heterocycles. The molecule has 0 amide bonds. The lowest BCUT2D eigenvalue weighted by Crippen LogP contribution is -2.53. The number of carbonyl (C=O) groups excluding carboxylic acids is 2. The molecule has 0 spiro atoms. The molecule has 12 nitrogen and oxygen atoms in total. The van der Waals surface area contributed by atoms with Crippen LogP contribution in [0.2, 0.25) is 0 Å². The molecule has 4 aromatic rings. The number of esters is 2. The number of rotatable bonds is 21. The van der Waals surface area contributed by atoms with E-state index in [2.05, 4.69) is 0 Å². The van der Waals surface area contributed by atoms with Crippen LogP contribution in [-0.2, 0) is 38.6 Å². The highest BCUT2D eigenvalue weighted by molar-refractivity contribution is 8.04. The van der Waals surface area contributed by atoms with E-state index in [4.69, 9.17) is 29.4 Å². The molecule has 0 bridgehead atoms. The maximum atomic E-state index is 15.0. The van der Waals surface area contributed by atoms with Gasteiger partial charge in [-0.15, -0.1) is 11.8 Å². The Labute approximate surface area is 465 Å². The summed E-state index contributed by atoms with van der Waals surface area (Å²) in [7, 11) is 0. The Hall–Kier alpha value is -7.89. The highest BCUT2D eigenvalue weighted by atomic mass is 32.2. The van der Waals surface area contributed by atoms with Crippen LogP contribution < -0.4 is 20.1 Å². The number of hydrogen-bond donors (Lipinski definition) is 1. The molecule has 2 heterocycles. The van der Waals surface area contributed by atoms with Crippen molar-refractivity contribution < 1.29 is 90.3 Å². The fourth-order valence-electron chi connectivity index (χ4n) is 9.31. The van der Waals surface area contributed by atoms with Crippen LogP contribution in [0.4, 0.5) is 62.8 Å². The van der Waals surface area contributed by atoms with E-state index in [9.17, 15) is 69.3 Å². The Morgan fingerprint density at radius 1 is 0.793 bits per heavy atom. The summed E-state index contributed by atoms with van der Waals surface area (Å²) in [5.74, 6) is -29.5. The van der Waals surface area contributed by atoms with Crippen LogP contribution in [0, 0.1) is 115 Å². The van der Waals surface area contributed by atoms with Gasteiger partial charge in [-0.05, 0) is 56.0 Å². The summed E-state index contributed by atoms with van der Waals surface area (Å²) in [6.07, 6.45) is -0.856. The van der Waals surface area contributed by atoms with Crippen LogP contribution in [0.25, 0.3) is 0 Å². The van der Waals surface area contributed by atoms with Crippen LogP contribution >= 0.6 is 11.8 Å². The van der Waals surface area contributed by atoms with Gasteiger partial charge in [0, 0.05) is 40.4 Å². The normalized spacial score (nSPS) is 20.8. The number of hydrogen-bond acceptors (Lipinski definition) is 13. The SMILES string of the molecule is CCN(CCOC(=O)CCN)c1ccc(CC(C)C2SC(/C=C/C3(C)C(C#N)C(=C(C#N)C#N)OC3(C)C(F)(F)F)=CC2(C)COC(=O)c2cc(OCc3c(F)c(F)c(F)c(F)c3F)cc(OCc3c(F)c(F)c(F)c(F)c3F)c2)cc1. The summed E-state index contributed by atoms with van der Waals surface area (Å²) < 4.78 is 215. The van der Waals surface area contributed by atoms with E-state index in [0.717, 1.165) is 54.2 Å². The van der Waals surface area contributed by atoms with E-state index in [1.807, 2.05) is 43.0 Å². The van der Waals surface area contributed by atoms with Crippen molar-refractivity contribution in [3.05, 3.63) is 157 Å². The van der Waals surface area contributed by atoms with E-state index < -0.39 is 169 Å². The third-order valence-corrected chi connectivity index (χ3v) is 15.8. The van der Waals surface area contributed by atoms with Gasteiger partial charge < -0.3 is 34.3 Å². The number of nitrogens with two attached hydrogens (primary N) is 1. The van der Waals surface area contributed by atoms with Crippen molar-refractivity contribution in [2.24, 2.45) is 28.4 Å². The fourth-order valence-corrected chi connectivity index (χ4v) is 10.8. The molecule has 2 aliphatic rings. The molecule has 0 radical (unpaired) electrons. The Balaban J connectivity index is 1.36. The van der Waals surface area contributed by atoms with Crippen LogP contribution in [-0.4, -0.2) is 61.8 Å². The first-order valence-electron chi connectivity index (χ1n) is 24.6. The van der Waals surface area contributed by atoms with E-state index in [1.54, 1.807) is 19.1 Å². The molecule has 4 aromatic carbocycles. The molecule has 1 fully saturated rings. The van der Waals surface area contributed by atoms with Gasteiger partial charge in [0.2, 0.25) is 17.2 Å². The largest absolute Gasteiger partial charge is 0.489 e. The minimum atomic E-state index is -5.18. The summed E-state index contributed by atoms with van der Waals surface area (Å²) in [6.45, 7) is 4.84. The third-order valence-electron chi connectivity index (χ3n) is 14.1. The number of likely N-dealkylation sites (N-methyl/N-ethyl adjacent to an activating group) is 1. The van der Waals surface area contributed by atoms with Crippen LogP contribution in [0.15, 0.2) is 76.9 Å². The van der Waals surface area contributed by atoms with Crippen molar-refractivity contribution in [2.75, 3.05) is 37.7 Å². The first-order valence-corrected chi connectivity index (χ1v) is 25.5. The molecule has 6 rings (SSSR count).